The highest BCUT2D eigenvalue weighted by Crippen LogP contribution is 2.17. The number of hydrogen-bond acceptors (Lipinski definition) is 5. The number of ether oxygens (including phenoxy) is 2. The molecule has 0 unspecified atom stereocenters. The first-order valence-electron chi connectivity index (χ1n) is 8.94. The molecule has 6 heteroatoms. The molecule has 0 saturated carbocycles. The Bertz CT molecular complexity index is 791. The molecule has 0 radical (unpaired) electrons. The Morgan fingerprint density at radius 3 is 2.44 bits per heavy atom. The Labute approximate surface area is 159 Å². The van der Waals surface area contributed by atoms with Gasteiger partial charge in [-0.25, -0.2) is 0 Å². The zero-order valence-corrected chi connectivity index (χ0v) is 15.4. The Balaban J connectivity index is 1.49. The first kappa shape index (κ1) is 18.7. The fourth-order valence-electron chi connectivity index (χ4n) is 2.88. The van der Waals surface area contributed by atoms with Crippen LogP contribution >= 0.6 is 0 Å². The monoisotopic (exact) mass is 365 g/mol. The lowest BCUT2D eigenvalue weighted by Crippen LogP contribution is -2.36. The summed E-state index contributed by atoms with van der Waals surface area (Å²) in [7, 11) is 1.76. The van der Waals surface area contributed by atoms with E-state index in [1.165, 1.54) is 5.69 Å². The van der Waals surface area contributed by atoms with E-state index in [1.54, 1.807) is 36.2 Å². The van der Waals surface area contributed by atoms with Crippen LogP contribution in [0.5, 0.6) is 5.75 Å². The lowest BCUT2D eigenvalue weighted by atomic mass is 10.1. The van der Waals surface area contributed by atoms with Gasteiger partial charge in [0.15, 0.2) is 6.61 Å². The summed E-state index contributed by atoms with van der Waals surface area (Å²) in [5, 5.41) is 8.79. The van der Waals surface area contributed by atoms with Crippen molar-refractivity contribution >= 4 is 11.6 Å². The van der Waals surface area contributed by atoms with Crippen LogP contribution in [0.2, 0.25) is 0 Å². The zero-order valence-electron chi connectivity index (χ0n) is 15.4. The molecule has 2 aromatic carbocycles. The molecule has 1 fully saturated rings. The van der Waals surface area contributed by atoms with Crippen LogP contribution in [0.4, 0.5) is 5.69 Å². The third-order valence-electron chi connectivity index (χ3n) is 4.50. The van der Waals surface area contributed by atoms with Gasteiger partial charge in [0.2, 0.25) is 0 Å². The number of carbonyl (C=O) groups is 1. The van der Waals surface area contributed by atoms with Gasteiger partial charge in [0.05, 0.1) is 24.8 Å². The maximum atomic E-state index is 12.3. The molecular formula is C21H23N3O3. The van der Waals surface area contributed by atoms with Crippen LogP contribution in [0, 0.1) is 11.3 Å². The topological polar surface area (TPSA) is 65.8 Å². The number of likely N-dealkylation sites (N-methyl/N-ethyl adjacent to an activating group) is 1. The molecule has 0 aromatic heterocycles. The SMILES string of the molecule is CN(Cc1ccc(N2CCOCC2)cc1)C(=O)COc1ccc(C#N)cc1. The predicted molar refractivity (Wildman–Crippen MR) is 103 cm³/mol. The first-order valence-corrected chi connectivity index (χ1v) is 8.94. The smallest absolute Gasteiger partial charge is 0.260 e. The molecule has 1 saturated heterocycles. The molecule has 0 N–H and O–H groups in total. The van der Waals surface area contributed by atoms with Crippen LogP contribution in [0.25, 0.3) is 0 Å². The van der Waals surface area contributed by atoms with Crippen LogP contribution in [0.15, 0.2) is 48.5 Å². The molecule has 1 amide bonds. The maximum Gasteiger partial charge on any atom is 0.260 e. The van der Waals surface area contributed by atoms with Crippen LogP contribution in [-0.2, 0) is 16.1 Å². The third-order valence-corrected chi connectivity index (χ3v) is 4.50. The van der Waals surface area contributed by atoms with Crippen molar-refractivity contribution < 1.29 is 14.3 Å². The minimum atomic E-state index is -0.100. The fourth-order valence-corrected chi connectivity index (χ4v) is 2.88. The Hall–Kier alpha value is -3.04. The summed E-state index contributed by atoms with van der Waals surface area (Å²) < 4.78 is 10.9. The minimum absolute atomic E-state index is 0.0335. The van der Waals surface area contributed by atoms with E-state index in [0.29, 0.717) is 17.9 Å². The highest BCUT2D eigenvalue weighted by Gasteiger charge is 2.13. The second-order valence-electron chi connectivity index (χ2n) is 6.44. The number of morpholine rings is 1. The van der Waals surface area contributed by atoms with Gasteiger partial charge >= 0.3 is 0 Å². The van der Waals surface area contributed by atoms with Gasteiger partial charge in [-0.1, -0.05) is 12.1 Å². The molecule has 0 bridgehead atoms. The molecule has 140 valence electrons. The number of anilines is 1. The van der Waals surface area contributed by atoms with Gasteiger partial charge in [-0.2, -0.15) is 5.26 Å². The number of rotatable bonds is 6. The summed E-state index contributed by atoms with van der Waals surface area (Å²) in [5.74, 6) is 0.474. The summed E-state index contributed by atoms with van der Waals surface area (Å²) in [6.07, 6.45) is 0. The Morgan fingerprint density at radius 1 is 1.15 bits per heavy atom. The first-order chi connectivity index (χ1) is 13.2. The molecule has 2 aromatic rings. The van der Waals surface area contributed by atoms with Crippen LogP contribution in [0.1, 0.15) is 11.1 Å². The van der Waals surface area contributed by atoms with E-state index in [2.05, 4.69) is 29.2 Å². The second-order valence-corrected chi connectivity index (χ2v) is 6.44. The van der Waals surface area contributed by atoms with Crippen LogP contribution in [0.3, 0.4) is 0 Å². The van der Waals surface area contributed by atoms with Crippen LogP contribution < -0.4 is 9.64 Å². The molecule has 27 heavy (non-hydrogen) atoms. The van der Waals surface area contributed by atoms with Gasteiger partial charge in [-0.05, 0) is 42.0 Å². The average Bonchev–Trinajstić information content (AvgIpc) is 2.73. The number of nitriles is 1. The third kappa shape index (κ3) is 5.22. The van der Waals surface area contributed by atoms with Crippen molar-refractivity contribution in [2.45, 2.75) is 6.54 Å². The highest BCUT2D eigenvalue weighted by molar-refractivity contribution is 5.77. The van der Waals surface area contributed by atoms with Crippen molar-refractivity contribution in [3.63, 3.8) is 0 Å². The van der Waals surface area contributed by atoms with Crippen molar-refractivity contribution in [1.82, 2.24) is 4.90 Å². The van der Waals surface area contributed by atoms with Gasteiger partial charge in [-0.15, -0.1) is 0 Å². The van der Waals surface area contributed by atoms with Crippen molar-refractivity contribution in [3.05, 3.63) is 59.7 Å². The molecule has 1 aliphatic heterocycles. The van der Waals surface area contributed by atoms with Gasteiger partial charge in [0, 0.05) is 32.4 Å². The van der Waals surface area contributed by atoms with Gasteiger partial charge in [-0.3, -0.25) is 4.79 Å². The van der Waals surface area contributed by atoms with Crippen molar-refractivity contribution in [2.24, 2.45) is 0 Å². The number of carbonyl (C=O) groups excluding carboxylic acids is 1. The molecule has 6 nitrogen and oxygen atoms in total. The van der Waals surface area contributed by atoms with Gasteiger partial charge in [0.1, 0.15) is 5.75 Å². The second kappa shape index (κ2) is 9.06. The van der Waals surface area contributed by atoms with E-state index in [4.69, 9.17) is 14.7 Å². The lowest BCUT2D eigenvalue weighted by Gasteiger charge is -2.29. The van der Waals surface area contributed by atoms with Gasteiger partial charge < -0.3 is 19.3 Å². The number of nitrogens with zero attached hydrogens (tertiary/aromatic N) is 3. The quantitative estimate of drug-likeness (QED) is 0.787. The fraction of sp³-hybridized carbons (Fsp3) is 0.333. The largest absolute Gasteiger partial charge is 0.484 e. The summed E-state index contributed by atoms with van der Waals surface area (Å²) >= 11 is 0. The van der Waals surface area contributed by atoms with E-state index >= 15 is 0 Å². The Kier molecular flexibility index (Phi) is 6.29. The molecule has 1 aliphatic rings. The van der Waals surface area contributed by atoms with E-state index in [1.807, 2.05) is 6.07 Å². The van der Waals surface area contributed by atoms with Crippen molar-refractivity contribution in [1.29, 1.82) is 5.26 Å². The predicted octanol–water partition coefficient (Wildman–Crippen LogP) is 2.43. The number of amides is 1. The minimum Gasteiger partial charge on any atom is -0.484 e. The molecular weight excluding hydrogens is 342 g/mol. The summed E-state index contributed by atoms with van der Waals surface area (Å²) in [5.41, 5.74) is 2.81. The molecule has 0 aliphatic carbocycles. The van der Waals surface area contributed by atoms with Crippen molar-refractivity contribution in [2.75, 3.05) is 44.9 Å². The Morgan fingerprint density at radius 2 is 1.81 bits per heavy atom. The van der Waals surface area contributed by atoms with E-state index in [9.17, 15) is 4.79 Å². The molecule has 0 spiro atoms. The normalized spacial score (nSPS) is 13.7. The lowest BCUT2D eigenvalue weighted by molar-refractivity contribution is -0.132. The van der Waals surface area contributed by atoms with E-state index in [0.717, 1.165) is 31.9 Å². The summed E-state index contributed by atoms with van der Waals surface area (Å²) in [6, 6.07) is 17.0. The van der Waals surface area contributed by atoms with Crippen LogP contribution in [-0.4, -0.2) is 50.8 Å². The molecule has 0 atom stereocenters. The molecule has 1 heterocycles. The molecule has 3 rings (SSSR count). The van der Waals surface area contributed by atoms with Crippen molar-refractivity contribution in [3.8, 4) is 11.8 Å². The van der Waals surface area contributed by atoms with E-state index < -0.39 is 0 Å². The summed E-state index contributed by atoms with van der Waals surface area (Å²) in [4.78, 5) is 16.2. The standard InChI is InChI=1S/C21H23N3O3/c1-23(21(25)16-27-20-8-4-17(14-22)5-9-20)15-18-2-6-19(7-3-18)24-10-12-26-13-11-24/h2-9H,10-13,15-16H2,1H3. The number of hydrogen-bond donors (Lipinski definition) is 0. The average molecular weight is 365 g/mol. The number of benzene rings is 2. The van der Waals surface area contributed by atoms with Gasteiger partial charge in [0.25, 0.3) is 5.91 Å². The summed E-state index contributed by atoms with van der Waals surface area (Å²) in [6.45, 7) is 3.83. The maximum absolute atomic E-state index is 12.3. The highest BCUT2D eigenvalue weighted by atomic mass is 16.5. The van der Waals surface area contributed by atoms with E-state index in [-0.39, 0.29) is 12.5 Å². The zero-order chi connectivity index (χ0) is 19.1.